The van der Waals surface area contributed by atoms with Gasteiger partial charge >= 0.3 is 0 Å². The molecule has 0 aliphatic heterocycles. The number of aromatic nitrogens is 2. The molecule has 0 aliphatic rings. The molecule has 0 aromatic carbocycles. The predicted octanol–water partition coefficient (Wildman–Crippen LogP) is -0.0178. The van der Waals surface area contributed by atoms with Gasteiger partial charge in [0, 0.05) is 6.54 Å². The Kier molecular flexibility index (Phi) is 3.08. The Labute approximate surface area is 88.1 Å². The van der Waals surface area contributed by atoms with Crippen molar-refractivity contribution in [3.8, 4) is 0 Å². The molecule has 0 bridgehead atoms. The second-order valence-corrected chi connectivity index (χ2v) is 3.93. The molecule has 6 heteroatoms. The second kappa shape index (κ2) is 4.12. The van der Waals surface area contributed by atoms with E-state index in [-0.39, 0.29) is 5.91 Å². The monoisotopic (exact) mass is 209 g/mol. The average molecular weight is 209 g/mol. The predicted molar refractivity (Wildman–Crippen MR) is 57.9 cm³/mol. The maximum atomic E-state index is 11.0. The maximum Gasteiger partial charge on any atom is 0.224 e. The summed E-state index contributed by atoms with van der Waals surface area (Å²) in [4.78, 5) is 18.7. The summed E-state index contributed by atoms with van der Waals surface area (Å²) in [5.41, 5.74) is 10.7. The van der Waals surface area contributed by atoms with E-state index in [0.717, 1.165) is 0 Å². The zero-order valence-corrected chi connectivity index (χ0v) is 8.82. The van der Waals surface area contributed by atoms with E-state index in [1.165, 1.54) is 12.5 Å². The third-order valence-electron chi connectivity index (χ3n) is 2.11. The summed E-state index contributed by atoms with van der Waals surface area (Å²) in [6.07, 6.45) is 2.88. The van der Waals surface area contributed by atoms with Gasteiger partial charge in [-0.3, -0.25) is 4.79 Å². The molecule has 82 valence electrons. The number of hydrogen-bond acceptors (Lipinski definition) is 5. The van der Waals surface area contributed by atoms with Crippen molar-refractivity contribution < 1.29 is 4.79 Å². The molecule has 1 aromatic rings. The largest absolute Gasteiger partial charge is 0.394 e. The van der Waals surface area contributed by atoms with Gasteiger partial charge in [-0.15, -0.1) is 0 Å². The van der Waals surface area contributed by atoms with Gasteiger partial charge in [-0.2, -0.15) is 0 Å². The highest BCUT2D eigenvalue weighted by atomic mass is 16.1. The van der Waals surface area contributed by atoms with Gasteiger partial charge in [0.2, 0.25) is 5.91 Å². The van der Waals surface area contributed by atoms with E-state index in [1.54, 1.807) is 13.8 Å². The van der Waals surface area contributed by atoms with Crippen molar-refractivity contribution in [3.63, 3.8) is 0 Å². The summed E-state index contributed by atoms with van der Waals surface area (Å²) in [5.74, 6) is 0.141. The Bertz CT molecular complexity index is 363. The molecule has 0 atom stereocenters. The molecule has 1 rings (SSSR count). The number of hydrogen-bond donors (Lipinski definition) is 3. The number of nitrogens with two attached hydrogens (primary N) is 2. The third kappa shape index (κ3) is 2.80. The summed E-state index contributed by atoms with van der Waals surface area (Å²) in [6.45, 7) is 3.88. The van der Waals surface area contributed by atoms with Crippen LogP contribution in [0.1, 0.15) is 13.8 Å². The number of carbonyl (C=O) groups excluding carboxylic acids is 1. The number of nitrogens with one attached hydrogen (secondary N) is 1. The number of rotatable bonds is 4. The van der Waals surface area contributed by atoms with Crippen LogP contribution in [0.2, 0.25) is 0 Å². The normalized spacial score (nSPS) is 11.1. The van der Waals surface area contributed by atoms with Crippen LogP contribution < -0.4 is 16.8 Å². The molecule has 6 nitrogen and oxygen atoms in total. The molecule has 0 radical (unpaired) electrons. The first-order valence-corrected chi connectivity index (χ1v) is 4.53. The standard InChI is InChI=1S/C9H15N5O/c1-9(2,8(11)15)4-13-7-6(10)3-12-5-14-7/h3,5H,4,10H2,1-2H3,(H2,11,15)(H,12,13,14). The van der Waals surface area contributed by atoms with Crippen LogP contribution in [0.3, 0.4) is 0 Å². The van der Waals surface area contributed by atoms with Gasteiger partial charge in [-0.1, -0.05) is 0 Å². The average Bonchev–Trinajstić information content (AvgIpc) is 2.16. The Morgan fingerprint density at radius 1 is 1.60 bits per heavy atom. The van der Waals surface area contributed by atoms with Crippen LogP contribution in [0.15, 0.2) is 12.5 Å². The lowest BCUT2D eigenvalue weighted by Crippen LogP contribution is -2.37. The molecule has 0 spiro atoms. The van der Waals surface area contributed by atoms with E-state index in [1.807, 2.05) is 0 Å². The van der Waals surface area contributed by atoms with Crippen molar-refractivity contribution >= 4 is 17.4 Å². The molecule has 5 N–H and O–H groups in total. The Balaban J connectivity index is 2.66. The Morgan fingerprint density at radius 2 is 2.27 bits per heavy atom. The number of primary amides is 1. The summed E-state index contributed by atoms with van der Waals surface area (Å²) in [7, 11) is 0. The van der Waals surface area contributed by atoms with Crippen LogP contribution in [0, 0.1) is 5.41 Å². The number of nitrogen functional groups attached to an aromatic ring is 1. The number of amides is 1. The van der Waals surface area contributed by atoms with Crippen LogP contribution in [-0.2, 0) is 4.79 Å². The van der Waals surface area contributed by atoms with Crippen LogP contribution in [0.4, 0.5) is 11.5 Å². The minimum Gasteiger partial charge on any atom is -0.394 e. The lowest BCUT2D eigenvalue weighted by molar-refractivity contribution is -0.125. The first-order valence-electron chi connectivity index (χ1n) is 4.53. The number of carbonyl (C=O) groups is 1. The lowest BCUT2D eigenvalue weighted by atomic mass is 9.93. The van der Waals surface area contributed by atoms with Gasteiger partial charge < -0.3 is 16.8 Å². The van der Waals surface area contributed by atoms with Gasteiger partial charge in [0.25, 0.3) is 0 Å². The lowest BCUT2D eigenvalue weighted by Gasteiger charge is -2.21. The van der Waals surface area contributed by atoms with Gasteiger partial charge in [0.05, 0.1) is 17.3 Å². The summed E-state index contributed by atoms with van der Waals surface area (Å²) >= 11 is 0. The minimum absolute atomic E-state index is 0.373. The molecule has 1 amide bonds. The topological polar surface area (TPSA) is 107 Å². The smallest absolute Gasteiger partial charge is 0.224 e. The van der Waals surface area contributed by atoms with Crippen molar-refractivity contribution in [2.24, 2.45) is 11.1 Å². The molecular weight excluding hydrogens is 194 g/mol. The van der Waals surface area contributed by atoms with Crippen molar-refractivity contribution in [3.05, 3.63) is 12.5 Å². The van der Waals surface area contributed by atoms with Crippen molar-refractivity contribution in [2.75, 3.05) is 17.6 Å². The highest BCUT2D eigenvalue weighted by molar-refractivity contribution is 5.80. The summed E-state index contributed by atoms with van der Waals surface area (Å²) in [5, 5.41) is 2.96. The van der Waals surface area contributed by atoms with Gasteiger partial charge in [-0.25, -0.2) is 9.97 Å². The van der Waals surface area contributed by atoms with Crippen molar-refractivity contribution in [1.29, 1.82) is 0 Å². The molecule has 0 fully saturated rings. The molecule has 0 saturated heterocycles. The second-order valence-electron chi connectivity index (χ2n) is 3.93. The fourth-order valence-corrected chi connectivity index (χ4v) is 0.880. The third-order valence-corrected chi connectivity index (χ3v) is 2.11. The van der Waals surface area contributed by atoms with E-state index in [0.29, 0.717) is 18.1 Å². The van der Waals surface area contributed by atoms with Crippen LogP contribution in [0.25, 0.3) is 0 Å². The van der Waals surface area contributed by atoms with E-state index < -0.39 is 5.41 Å². The molecule has 1 aromatic heterocycles. The summed E-state index contributed by atoms with van der Waals surface area (Å²) in [6, 6.07) is 0. The quantitative estimate of drug-likeness (QED) is 0.646. The molecule has 0 saturated carbocycles. The van der Waals surface area contributed by atoms with Gasteiger partial charge in [0.15, 0.2) is 5.82 Å². The maximum absolute atomic E-state index is 11.0. The molecule has 0 aliphatic carbocycles. The number of anilines is 2. The van der Waals surface area contributed by atoms with E-state index in [9.17, 15) is 4.79 Å². The zero-order valence-electron chi connectivity index (χ0n) is 8.82. The fraction of sp³-hybridized carbons (Fsp3) is 0.444. The molecule has 15 heavy (non-hydrogen) atoms. The van der Waals surface area contributed by atoms with E-state index >= 15 is 0 Å². The highest BCUT2D eigenvalue weighted by Crippen LogP contribution is 2.17. The van der Waals surface area contributed by atoms with E-state index in [2.05, 4.69) is 15.3 Å². The fourth-order valence-electron chi connectivity index (χ4n) is 0.880. The molecule has 0 unspecified atom stereocenters. The summed E-state index contributed by atoms with van der Waals surface area (Å²) < 4.78 is 0. The first-order chi connectivity index (χ1) is 6.93. The minimum atomic E-state index is -0.641. The van der Waals surface area contributed by atoms with Crippen LogP contribution in [-0.4, -0.2) is 22.4 Å². The van der Waals surface area contributed by atoms with Crippen LogP contribution in [0.5, 0.6) is 0 Å². The van der Waals surface area contributed by atoms with Gasteiger partial charge in [0.1, 0.15) is 6.33 Å². The van der Waals surface area contributed by atoms with Gasteiger partial charge in [-0.05, 0) is 13.8 Å². The number of nitrogens with zero attached hydrogens (tertiary/aromatic N) is 2. The van der Waals surface area contributed by atoms with Crippen molar-refractivity contribution in [1.82, 2.24) is 9.97 Å². The van der Waals surface area contributed by atoms with Crippen LogP contribution >= 0.6 is 0 Å². The highest BCUT2D eigenvalue weighted by Gasteiger charge is 2.24. The molecule has 1 heterocycles. The Morgan fingerprint density at radius 3 is 2.80 bits per heavy atom. The Hall–Kier alpha value is -1.85. The SMILES string of the molecule is CC(C)(CNc1ncncc1N)C(N)=O. The van der Waals surface area contributed by atoms with Crippen molar-refractivity contribution in [2.45, 2.75) is 13.8 Å². The van der Waals surface area contributed by atoms with E-state index in [4.69, 9.17) is 11.5 Å². The molecular formula is C9H15N5O. The first kappa shape index (κ1) is 11.2. The zero-order chi connectivity index (χ0) is 11.5.